The Morgan fingerprint density at radius 3 is 1.52 bits per heavy atom. The van der Waals surface area contributed by atoms with Crippen molar-refractivity contribution in [2.75, 3.05) is 0 Å². The first-order chi connectivity index (χ1) is 22.6. The van der Waals surface area contributed by atoms with Crippen LogP contribution in [0.4, 0.5) is 0 Å². The number of aliphatic hydroxyl groups excluding tert-OH is 1. The number of carbonyl (C=O) groups is 1. The van der Waals surface area contributed by atoms with E-state index in [9.17, 15) is 9.59 Å². The molecule has 0 aliphatic rings. The minimum Gasteiger partial charge on any atom is -1.00 e. The van der Waals surface area contributed by atoms with Gasteiger partial charge in [0.05, 0.1) is 37.0 Å². The molecular weight excluding hydrogens is 953 g/mol. The number of hydrogen-bond acceptors (Lipinski definition) is 9. The van der Waals surface area contributed by atoms with Crippen LogP contribution >= 0.6 is 78.2 Å². The zero-order chi connectivity index (χ0) is 36.6. The molecule has 0 spiro atoms. The first kappa shape index (κ1) is 51.2. The van der Waals surface area contributed by atoms with E-state index in [0.29, 0.717) is 10.7 Å². The maximum Gasteiger partial charge on any atom is 1.00 e. The van der Waals surface area contributed by atoms with Crippen LogP contribution in [0, 0.1) is 34.6 Å². The Morgan fingerprint density at radius 2 is 1.24 bits per heavy atom. The van der Waals surface area contributed by atoms with Crippen LogP contribution < -0.4 is 35.1 Å². The number of H-pyrrole nitrogens is 1. The van der Waals surface area contributed by atoms with E-state index < -0.39 is 0 Å². The minimum absolute atomic E-state index is 0. The van der Waals surface area contributed by atoms with Crippen LogP contribution in [-0.2, 0) is 45.9 Å². The van der Waals surface area contributed by atoms with E-state index in [0.717, 1.165) is 51.3 Å². The standard InChI is InChI=1S/C11H14N4OS.C6H9BrN2.C6H10N2O.C6H8N2O.B.Br3P.Na.H/c1-7-4-10(16)14-11(13-7)17-6-9-5-12-15(3)8(9)2;1-5-6(3-7)4-8-9(5)2;2*1-5-6(4-9)3-7-8(5)2;;1-4(2)3;;/h4-5H,6H2,1-3H3,(H,13,14,16);4H,3H2,1-2H3;3,9H,4H2,1-2H3;3-4H,1-2H3;;;;/q;;;;;;+1;-1. The third-order valence-corrected chi connectivity index (χ3v) is 8.46. The average Bonchev–Trinajstić information content (AvgIpc) is 3.75. The molecule has 5 heterocycles. The van der Waals surface area contributed by atoms with E-state index >= 15 is 0 Å². The van der Waals surface area contributed by atoms with Crippen molar-refractivity contribution >= 4 is 92.9 Å². The summed E-state index contributed by atoms with van der Waals surface area (Å²) >= 11 is 14.4. The number of aromatic nitrogens is 10. The van der Waals surface area contributed by atoms with Gasteiger partial charge in [-0.3, -0.25) is 28.3 Å². The number of alkyl halides is 1. The minimum atomic E-state index is -0.183. The summed E-state index contributed by atoms with van der Waals surface area (Å²) in [5.41, 5.74) is 8.90. The third-order valence-electron chi connectivity index (χ3n) is 6.94. The number of rotatable bonds is 6. The molecule has 3 radical (unpaired) electrons. The second-order valence-electron chi connectivity index (χ2n) is 10.0. The van der Waals surface area contributed by atoms with Crippen molar-refractivity contribution < 1.29 is 40.9 Å². The largest absolute Gasteiger partial charge is 1.00 e. The maximum atomic E-state index is 11.3. The van der Waals surface area contributed by atoms with E-state index in [4.69, 9.17) is 5.11 Å². The number of aryl methyl sites for hydroxylation is 5. The summed E-state index contributed by atoms with van der Waals surface area (Å²) in [6.07, 6.45) is 7.76. The Bertz CT molecular complexity index is 1740. The van der Waals surface area contributed by atoms with Gasteiger partial charge in [-0.25, -0.2) is 4.98 Å². The Morgan fingerprint density at radius 1 is 0.820 bits per heavy atom. The molecule has 13 nitrogen and oxygen atoms in total. The van der Waals surface area contributed by atoms with Crippen LogP contribution in [0.1, 0.15) is 56.9 Å². The number of aldehydes is 1. The first-order valence-electron chi connectivity index (χ1n) is 14.1. The Kier molecular flexibility index (Phi) is 27.5. The van der Waals surface area contributed by atoms with Gasteiger partial charge in [0.1, 0.15) is 4.03 Å². The Hall–Kier alpha value is -0.885. The average molecular weight is 995 g/mol. The zero-order valence-corrected chi connectivity index (χ0v) is 39.9. The fraction of sp³-hybridized carbons (Fsp3) is 0.414. The van der Waals surface area contributed by atoms with E-state index in [1.807, 2.05) is 77.6 Å². The van der Waals surface area contributed by atoms with Crippen LogP contribution in [0.3, 0.4) is 0 Å². The number of hydrogen-bond donors (Lipinski definition) is 2. The number of aliphatic hydroxyl groups is 1. The molecule has 0 saturated carbocycles. The van der Waals surface area contributed by atoms with E-state index in [-0.39, 0.29) is 55.6 Å². The molecule has 0 amide bonds. The Balaban J connectivity index is -0.000000593. The van der Waals surface area contributed by atoms with Crippen LogP contribution in [0.5, 0.6) is 0 Å². The van der Waals surface area contributed by atoms with Crippen LogP contribution in [-0.4, -0.2) is 68.9 Å². The monoisotopic (exact) mass is 991 g/mol. The summed E-state index contributed by atoms with van der Waals surface area (Å²) in [4.78, 5) is 28.4. The number of halogens is 4. The van der Waals surface area contributed by atoms with Crippen molar-refractivity contribution in [1.82, 2.24) is 49.1 Å². The number of nitrogens with one attached hydrogen (secondary N) is 1. The summed E-state index contributed by atoms with van der Waals surface area (Å²) < 4.78 is 6.94. The molecule has 269 valence electrons. The topological polar surface area (TPSA) is 154 Å². The van der Waals surface area contributed by atoms with Gasteiger partial charge in [-0.15, -0.1) is 0 Å². The first-order valence-corrected chi connectivity index (χ1v) is 23.6. The predicted octanol–water partition coefficient (Wildman–Crippen LogP) is 3.93. The van der Waals surface area contributed by atoms with Crippen molar-refractivity contribution in [3.05, 3.63) is 91.9 Å². The molecule has 0 saturated heterocycles. The molecule has 0 atom stereocenters. The fourth-order valence-electron chi connectivity index (χ4n) is 3.46. The molecule has 0 aliphatic heterocycles. The molecule has 0 fully saturated rings. The molecule has 5 rings (SSSR count). The number of aromatic amines is 1. The van der Waals surface area contributed by atoms with Gasteiger partial charge in [0.25, 0.3) is 5.56 Å². The van der Waals surface area contributed by atoms with Gasteiger partial charge in [0.15, 0.2) is 11.4 Å². The van der Waals surface area contributed by atoms with Crippen molar-refractivity contribution in [3.63, 3.8) is 0 Å². The van der Waals surface area contributed by atoms with Gasteiger partial charge in [0.2, 0.25) is 0 Å². The molecule has 50 heavy (non-hydrogen) atoms. The smallest absolute Gasteiger partial charge is 1.00 e. The van der Waals surface area contributed by atoms with Crippen LogP contribution in [0.25, 0.3) is 0 Å². The third kappa shape index (κ3) is 18.2. The van der Waals surface area contributed by atoms with Gasteiger partial charge >= 0.3 is 29.6 Å². The van der Waals surface area contributed by atoms with E-state index in [1.54, 1.807) is 21.8 Å². The molecular formula is C29H42BBr4N10NaO3PS. The van der Waals surface area contributed by atoms with Gasteiger partial charge in [-0.05, 0) is 81.1 Å². The zero-order valence-electron chi connectivity index (χ0n) is 30.8. The number of carbonyl (C=O) groups excluding carboxylic acids is 1. The van der Waals surface area contributed by atoms with Crippen LogP contribution in [0.2, 0.25) is 0 Å². The van der Waals surface area contributed by atoms with Gasteiger partial charge in [-0.2, -0.15) is 20.4 Å². The molecule has 0 aromatic carbocycles. The summed E-state index contributed by atoms with van der Waals surface area (Å²) in [6, 6.07) is 1.49. The molecule has 21 heteroatoms. The normalized spacial score (nSPS) is 9.74. The predicted molar refractivity (Wildman–Crippen MR) is 215 cm³/mol. The van der Waals surface area contributed by atoms with Crippen molar-refractivity contribution in [3.8, 4) is 0 Å². The van der Waals surface area contributed by atoms with Crippen LogP contribution in [0.15, 0.2) is 40.8 Å². The van der Waals surface area contributed by atoms with Crippen molar-refractivity contribution in [2.45, 2.75) is 57.5 Å². The SMILES string of the molecule is BrP(Br)Br.Cc1c(C=O)cnn1C.Cc1c(CBr)cnn1C.Cc1c(CO)cnn1C.Cc1cc(=O)[nH]c(SCc2cnn(C)c2C)n1.[B].[H-].[Na+]. The summed E-state index contributed by atoms with van der Waals surface area (Å²) in [6.45, 7) is 9.77. The number of thioether (sulfide) groups is 1. The van der Waals surface area contributed by atoms with Gasteiger partial charge < -0.3 is 11.5 Å². The summed E-state index contributed by atoms with van der Waals surface area (Å²) in [5, 5.41) is 26.3. The second kappa shape index (κ2) is 26.8. The van der Waals surface area contributed by atoms with Gasteiger partial charge in [0, 0.05) is 98.9 Å². The summed E-state index contributed by atoms with van der Waals surface area (Å²) in [7, 11) is 7.52. The fourth-order valence-corrected chi connectivity index (χ4v) is 4.97. The quantitative estimate of drug-likeness (QED) is 0.0644. The molecule has 0 unspecified atom stereocenters. The molecule has 5 aromatic rings. The van der Waals surface area contributed by atoms with E-state index in [2.05, 4.69) is 99.7 Å². The second-order valence-corrected chi connectivity index (χ2v) is 26.9. The van der Waals surface area contributed by atoms with Gasteiger partial charge in [-0.1, -0.05) is 27.7 Å². The van der Waals surface area contributed by atoms with Crippen molar-refractivity contribution in [2.24, 2.45) is 28.2 Å². The molecule has 2 N–H and O–H groups in total. The number of nitrogens with zero attached hydrogens (tertiary/aromatic N) is 9. The molecule has 0 aliphatic carbocycles. The molecule has 5 aromatic heterocycles. The molecule has 0 bridgehead atoms. The summed E-state index contributed by atoms with van der Waals surface area (Å²) in [5.74, 6) is 0.756. The van der Waals surface area contributed by atoms with Crippen molar-refractivity contribution in [1.29, 1.82) is 0 Å². The maximum absolute atomic E-state index is 11.3. The Labute approximate surface area is 357 Å². The van der Waals surface area contributed by atoms with E-state index in [1.165, 1.54) is 29.1 Å².